The van der Waals surface area contributed by atoms with E-state index < -0.39 is 0 Å². The molecule has 130 valence electrons. The second-order valence-electron chi connectivity index (χ2n) is 5.69. The normalized spacial score (nSPS) is 10.8. The van der Waals surface area contributed by atoms with E-state index >= 15 is 0 Å². The molecule has 0 fully saturated rings. The lowest BCUT2D eigenvalue weighted by Gasteiger charge is -2.10. The Morgan fingerprint density at radius 2 is 1.80 bits per heavy atom. The van der Waals surface area contributed by atoms with Gasteiger partial charge in [0.1, 0.15) is 18.1 Å². The van der Waals surface area contributed by atoms with Crippen LogP contribution in [0.25, 0.3) is 10.9 Å². The maximum atomic E-state index is 5.91. The molecule has 0 amide bonds. The van der Waals surface area contributed by atoms with Gasteiger partial charge in [-0.1, -0.05) is 18.2 Å². The van der Waals surface area contributed by atoms with Crippen LogP contribution in [-0.4, -0.2) is 24.8 Å². The molecule has 0 saturated carbocycles. The van der Waals surface area contributed by atoms with Crippen molar-refractivity contribution in [2.45, 2.75) is 20.0 Å². The number of aromatic nitrogens is 1. The smallest absolute Gasteiger partial charge is 0.120 e. The van der Waals surface area contributed by atoms with Gasteiger partial charge in [-0.2, -0.15) is 0 Å². The first-order chi connectivity index (χ1) is 12.3. The first-order valence-corrected chi connectivity index (χ1v) is 8.62. The van der Waals surface area contributed by atoms with Crippen LogP contribution in [0.4, 0.5) is 0 Å². The molecule has 0 radical (unpaired) electrons. The highest BCUT2D eigenvalue weighted by atomic mass is 16.5. The van der Waals surface area contributed by atoms with E-state index in [4.69, 9.17) is 14.2 Å². The molecule has 1 aromatic heterocycles. The minimum Gasteiger partial charge on any atom is -0.493 e. The van der Waals surface area contributed by atoms with Crippen LogP contribution in [0.5, 0.6) is 11.5 Å². The van der Waals surface area contributed by atoms with Crippen molar-refractivity contribution in [3.63, 3.8) is 0 Å². The summed E-state index contributed by atoms with van der Waals surface area (Å²) < 4.78 is 17.0. The lowest BCUT2D eigenvalue weighted by molar-refractivity contribution is 0.131. The van der Waals surface area contributed by atoms with E-state index in [-0.39, 0.29) is 0 Å². The van der Waals surface area contributed by atoms with Gasteiger partial charge in [-0.3, -0.25) is 4.98 Å². The average Bonchev–Trinajstić information content (AvgIpc) is 2.66. The van der Waals surface area contributed by atoms with E-state index in [0.717, 1.165) is 47.6 Å². The summed E-state index contributed by atoms with van der Waals surface area (Å²) >= 11 is 0. The fraction of sp³-hybridized carbons (Fsp3) is 0.286. The van der Waals surface area contributed by atoms with Gasteiger partial charge in [0.05, 0.1) is 12.1 Å². The lowest BCUT2D eigenvalue weighted by Crippen LogP contribution is -2.03. The molecule has 0 aliphatic heterocycles. The third kappa shape index (κ3) is 5.19. The molecule has 4 heteroatoms. The van der Waals surface area contributed by atoms with E-state index in [1.54, 1.807) is 6.20 Å². The van der Waals surface area contributed by atoms with Crippen LogP contribution < -0.4 is 9.47 Å². The molecule has 0 atom stereocenters. The summed E-state index contributed by atoms with van der Waals surface area (Å²) in [6, 6.07) is 17.9. The second-order valence-corrected chi connectivity index (χ2v) is 5.69. The number of nitrogens with zero attached hydrogens (tertiary/aromatic N) is 1. The Kier molecular flexibility index (Phi) is 6.23. The summed E-state index contributed by atoms with van der Waals surface area (Å²) in [5, 5.41) is 1.08. The molecule has 3 aromatic rings. The Morgan fingerprint density at radius 1 is 0.880 bits per heavy atom. The zero-order valence-corrected chi connectivity index (χ0v) is 14.5. The lowest BCUT2D eigenvalue weighted by atomic mass is 10.2. The highest BCUT2D eigenvalue weighted by molar-refractivity contribution is 5.79. The summed E-state index contributed by atoms with van der Waals surface area (Å²) in [5.74, 6) is 1.70. The molecule has 25 heavy (non-hydrogen) atoms. The molecule has 4 nitrogen and oxygen atoms in total. The monoisotopic (exact) mass is 337 g/mol. The fourth-order valence-corrected chi connectivity index (χ4v) is 2.53. The highest BCUT2D eigenvalue weighted by Crippen LogP contribution is 2.21. The van der Waals surface area contributed by atoms with Crippen LogP contribution in [-0.2, 0) is 11.3 Å². The molecule has 0 spiro atoms. The first-order valence-electron chi connectivity index (χ1n) is 8.62. The van der Waals surface area contributed by atoms with Crippen molar-refractivity contribution < 1.29 is 14.2 Å². The van der Waals surface area contributed by atoms with Crippen LogP contribution in [0, 0.1) is 0 Å². The van der Waals surface area contributed by atoms with Crippen molar-refractivity contribution in [2.24, 2.45) is 0 Å². The Balaban J connectivity index is 1.54. The van der Waals surface area contributed by atoms with Crippen LogP contribution >= 0.6 is 0 Å². The van der Waals surface area contributed by atoms with E-state index in [0.29, 0.717) is 13.2 Å². The van der Waals surface area contributed by atoms with Gasteiger partial charge < -0.3 is 14.2 Å². The predicted octanol–water partition coefficient (Wildman–Crippen LogP) is 4.62. The average molecular weight is 337 g/mol. The van der Waals surface area contributed by atoms with Crippen molar-refractivity contribution in [1.29, 1.82) is 0 Å². The molecule has 2 aromatic carbocycles. The Hall–Kier alpha value is -2.59. The minimum atomic E-state index is 0.502. The maximum Gasteiger partial charge on any atom is 0.120 e. The largest absolute Gasteiger partial charge is 0.493 e. The SMILES string of the molecule is CCOCCCOc1cccc(COc2ccc3ncccc3c2)c1. The first kappa shape index (κ1) is 17.2. The maximum absolute atomic E-state index is 5.91. The number of ether oxygens (including phenoxy) is 3. The van der Waals surface area contributed by atoms with E-state index in [9.17, 15) is 0 Å². The molecule has 0 unspecified atom stereocenters. The number of pyridine rings is 1. The summed E-state index contributed by atoms with van der Waals surface area (Å²) in [6.07, 6.45) is 2.68. The quantitative estimate of drug-likeness (QED) is 0.534. The van der Waals surface area contributed by atoms with Crippen molar-refractivity contribution in [3.05, 3.63) is 66.4 Å². The van der Waals surface area contributed by atoms with Crippen LogP contribution in [0.2, 0.25) is 0 Å². The Bertz CT molecular complexity index is 804. The van der Waals surface area contributed by atoms with Gasteiger partial charge in [0.15, 0.2) is 0 Å². The van der Waals surface area contributed by atoms with E-state index in [2.05, 4.69) is 4.98 Å². The van der Waals surface area contributed by atoms with Gasteiger partial charge in [-0.15, -0.1) is 0 Å². The number of hydrogen-bond acceptors (Lipinski definition) is 4. The van der Waals surface area contributed by atoms with Gasteiger partial charge in [-0.25, -0.2) is 0 Å². The van der Waals surface area contributed by atoms with Crippen molar-refractivity contribution in [1.82, 2.24) is 4.98 Å². The zero-order valence-electron chi connectivity index (χ0n) is 14.5. The Morgan fingerprint density at radius 3 is 2.72 bits per heavy atom. The number of benzene rings is 2. The molecular weight excluding hydrogens is 314 g/mol. The fourth-order valence-electron chi connectivity index (χ4n) is 2.53. The summed E-state index contributed by atoms with van der Waals surface area (Å²) in [5.41, 5.74) is 2.05. The van der Waals surface area contributed by atoms with Crippen LogP contribution in [0.1, 0.15) is 18.9 Å². The molecule has 0 saturated heterocycles. The molecule has 0 aliphatic carbocycles. The van der Waals surface area contributed by atoms with Crippen molar-refractivity contribution >= 4 is 10.9 Å². The van der Waals surface area contributed by atoms with E-state index in [1.165, 1.54) is 0 Å². The molecular formula is C21H23NO3. The van der Waals surface area contributed by atoms with Crippen LogP contribution in [0.15, 0.2) is 60.8 Å². The highest BCUT2D eigenvalue weighted by Gasteiger charge is 2.01. The number of rotatable bonds is 9. The second kappa shape index (κ2) is 9.04. The summed E-state index contributed by atoms with van der Waals surface area (Å²) in [7, 11) is 0. The summed E-state index contributed by atoms with van der Waals surface area (Å²) in [4.78, 5) is 4.32. The topological polar surface area (TPSA) is 40.6 Å². The number of hydrogen-bond donors (Lipinski definition) is 0. The standard InChI is InChI=1S/C21H23NO3/c1-2-23-12-5-13-24-19-8-3-6-17(14-19)16-25-20-9-10-21-18(15-20)7-4-11-22-21/h3-4,6-11,14-15H,2,5,12-13,16H2,1H3. The van der Waals surface area contributed by atoms with Gasteiger partial charge in [0, 0.05) is 31.2 Å². The molecule has 0 aliphatic rings. The molecule has 1 heterocycles. The van der Waals surface area contributed by atoms with Gasteiger partial charge in [0.25, 0.3) is 0 Å². The van der Waals surface area contributed by atoms with Gasteiger partial charge in [-0.05, 0) is 48.9 Å². The Labute approximate surface area is 148 Å². The molecule has 0 N–H and O–H groups in total. The van der Waals surface area contributed by atoms with Crippen LogP contribution in [0.3, 0.4) is 0 Å². The van der Waals surface area contributed by atoms with Crippen molar-refractivity contribution in [3.8, 4) is 11.5 Å². The van der Waals surface area contributed by atoms with Gasteiger partial charge in [0.2, 0.25) is 0 Å². The number of fused-ring (bicyclic) bond motifs is 1. The third-order valence-corrected chi connectivity index (χ3v) is 3.78. The molecule has 0 bridgehead atoms. The van der Waals surface area contributed by atoms with E-state index in [1.807, 2.05) is 61.5 Å². The van der Waals surface area contributed by atoms with Crippen molar-refractivity contribution in [2.75, 3.05) is 19.8 Å². The minimum absolute atomic E-state index is 0.502. The predicted molar refractivity (Wildman–Crippen MR) is 99.1 cm³/mol. The van der Waals surface area contributed by atoms with Gasteiger partial charge >= 0.3 is 0 Å². The zero-order chi connectivity index (χ0) is 17.3. The third-order valence-electron chi connectivity index (χ3n) is 3.78. The summed E-state index contributed by atoms with van der Waals surface area (Å²) in [6.45, 7) is 4.63. The molecule has 3 rings (SSSR count).